The molecule has 0 aromatic heterocycles. The molecule has 0 unspecified atom stereocenters. The van der Waals surface area contributed by atoms with E-state index in [1.54, 1.807) is 41.1 Å². The van der Waals surface area contributed by atoms with Crippen LogP contribution in [0.4, 0.5) is 13.6 Å². The van der Waals surface area contributed by atoms with Crippen LogP contribution in [0.25, 0.3) is 0 Å². The Morgan fingerprint density at radius 1 is 1.12 bits per heavy atom. The lowest BCUT2D eigenvalue weighted by atomic mass is 10.1. The van der Waals surface area contributed by atoms with E-state index >= 15 is 0 Å². The number of carboxylic acids is 1. The number of hydrogen-bond acceptors (Lipinski definition) is 4. The lowest BCUT2D eigenvalue weighted by Crippen LogP contribution is -2.37. The third-order valence-corrected chi connectivity index (χ3v) is 5.28. The number of halogens is 2. The minimum Gasteiger partial charge on any atom is -0.494 e. The van der Waals surface area contributed by atoms with Crippen LogP contribution in [-0.2, 0) is 11.3 Å². The van der Waals surface area contributed by atoms with Crippen molar-refractivity contribution in [3.8, 4) is 11.5 Å². The molecule has 2 aromatic carbocycles. The van der Waals surface area contributed by atoms with Crippen molar-refractivity contribution < 1.29 is 33.0 Å². The van der Waals surface area contributed by atoms with Gasteiger partial charge in [-0.15, -0.1) is 0 Å². The molecule has 0 spiro atoms. The maximum atomic E-state index is 13.4. The first-order chi connectivity index (χ1) is 15.0. The van der Waals surface area contributed by atoms with Crippen LogP contribution in [0.15, 0.2) is 42.5 Å². The van der Waals surface area contributed by atoms with Crippen molar-refractivity contribution in [2.45, 2.75) is 38.5 Å². The molecule has 0 bridgehead atoms. The Hall–Kier alpha value is -3.36. The fraction of sp³-hybridized carbons (Fsp3) is 0.391. The molecule has 0 radical (unpaired) electrons. The van der Waals surface area contributed by atoms with Crippen LogP contribution in [0, 0.1) is 11.6 Å². The van der Waals surface area contributed by atoms with E-state index in [2.05, 4.69) is 0 Å². The molecule has 172 valence electrons. The number of amides is 2. The summed E-state index contributed by atoms with van der Waals surface area (Å²) in [5.74, 6) is -1.41. The van der Waals surface area contributed by atoms with Crippen LogP contribution in [0.3, 0.4) is 0 Å². The highest BCUT2D eigenvalue weighted by Crippen LogP contribution is 2.24. The molecule has 3 rings (SSSR count). The predicted molar refractivity (Wildman–Crippen MR) is 113 cm³/mol. The number of carboxylic acid groups (broad SMARTS) is 1. The summed E-state index contributed by atoms with van der Waals surface area (Å²) >= 11 is 0. The van der Waals surface area contributed by atoms with Crippen molar-refractivity contribution >= 4 is 12.0 Å². The molecule has 2 aromatic rings. The fourth-order valence-corrected chi connectivity index (χ4v) is 3.43. The highest BCUT2D eigenvalue weighted by molar-refractivity contribution is 5.77. The summed E-state index contributed by atoms with van der Waals surface area (Å²) in [4.78, 5) is 26.8. The van der Waals surface area contributed by atoms with Gasteiger partial charge in [0.15, 0.2) is 5.60 Å². The highest BCUT2D eigenvalue weighted by atomic mass is 19.1. The molecule has 1 saturated heterocycles. The summed E-state index contributed by atoms with van der Waals surface area (Å²) < 4.78 is 38.0. The molecule has 0 aliphatic carbocycles. The van der Waals surface area contributed by atoms with Crippen molar-refractivity contribution in [1.82, 2.24) is 9.80 Å². The third-order valence-electron chi connectivity index (χ3n) is 5.28. The molecule has 1 aliphatic heterocycles. The van der Waals surface area contributed by atoms with Crippen LogP contribution in [0.5, 0.6) is 11.5 Å². The van der Waals surface area contributed by atoms with Gasteiger partial charge in [0.1, 0.15) is 23.1 Å². The molecule has 9 heteroatoms. The number of ether oxygens (including phenoxy) is 2. The number of hydrogen-bond donors (Lipinski definition) is 1. The van der Waals surface area contributed by atoms with Gasteiger partial charge in [0, 0.05) is 32.6 Å². The van der Waals surface area contributed by atoms with Gasteiger partial charge in [0.2, 0.25) is 0 Å². The average molecular weight is 448 g/mol. The van der Waals surface area contributed by atoms with Crippen LogP contribution in [0.1, 0.15) is 25.8 Å². The van der Waals surface area contributed by atoms with Crippen molar-refractivity contribution in [3.05, 3.63) is 59.7 Å². The van der Waals surface area contributed by atoms with Crippen molar-refractivity contribution in [1.29, 1.82) is 0 Å². The summed E-state index contributed by atoms with van der Waals surface area (Å²) in [5, 5.41) is 9.13. The van der Waals surface area contributed by atoms with E-state index in [1.807, 2.05) is 0 Å². The van der Waals surface area contributed by atoms with Gasteiger partial charge in [0.25, 0.3) is 0 Å². The average Bonchev–Trinajstić information content (AvgIpc) is 2.96. The first kappa shape index (κ1) is 23.3. The Morgan fingerprint density at radius 2 is 1.72 bits per heavy atom. The van der Waals surface area contributed by atoms with Crippen LogP contribution < -0.4 is 9.47 Å². The quantitative estimate of drug-likeness (QED) is 0.629. The number of carbonyl (C=O) groups is 2. The zero-order chi connectivity index (χ0) is 23.5. The second kappa shape index (κ2) is 9.42. The lowest BCUT2D eigenvalue weighted by molar-refractivity contribution is -0.152. The molecule has 32 heavy (non-hydrogen) atoms. The largest absolute Gasteiger partial charge is 0.494 e. The van der Waals surface area contributed by atoms with Gasteiger partial charge in [-0.05, 0) is 55.8 Å². The monoisotopic (exact) mass is 448 g/mol. The molecule has 2 amide bonds. The number of carbonyl (C=O) groups excluding carboxylic acids is 1. The van der Waals surface area contributed by atoms with Gasteiger partial charge in [-0.3, -0.25) is 0 Å². The number of benzene rings is 2. The molecular formula is C23H26F2N2O5. The van der Waals surface area contributed by atoms with Crippen LogP contribution >= 0.6 is 0 Å². The predicted octanol–water partition coefficient (Wildman–Crippen LogP) is 3.91. The zero-order valence-corrected chi connectivity index (χ0v) is 18.2. The normalized spacial score (nSPS) is 16.4. The Balaban J connectivity index is 1.50. The summed E-state index contributed by atoms with van der Waals surface area (Å²) in [6.45, 7) is 3.84. The maximum absolute atomic E-state index is 13.4. The second-order valence-corrected chi connectivity index (χ2v) is 8.23. The van der Waals surface area contributed by atoms with Crippen molar-refractivity contribution in [2.75, 3.05) is 20.2 Å². The highest BCUT2D eigenvalue weighted by Gasteiger charge is 2.34. The van der Waals surface area contributed by atoms with Gasteiger partial charge in [-0.25, -0.2) is 18.4 Å². The van der Waals surface area contributed by atoms with Gasteiger partial charge < -0.3 is 24.4 Å². The first-order valence-corrected chi connectivity index (χ1v) is 10.2. The molecule has 1 fully saturated rings. The SMILES string of the molecule is CN1C(=O)N(Cc2cc(F)cc(F)c2)C[C@H]1CCOc1ccc(OC(C)(C)C(=O)O)cc1. The lowest BCUT2D eigenvalue weighted by Gasteiger charge is -2.21. The van der Waals surface area contributed by atoms with Crippen LogP contribution in [-0.4, -0.2) is 58.7 Å². The van der Waals surface area contributed by atoms with Gasteiger partial charge >= 0.3 is 12.0 Å². The minimum absolute atomic E-state index is 0.0973. The molecule has 0 saturated carbocycles. The molecule has 1 N–H and O–H groups in total. The van der Waals surface area contributed by atoms with Gasteiger partial charge in [-0.2, -0.15) is 0 Å². The Kier molecular flexibility index (Phi) is 6.86. The Bertz CT molecular complexity index is 961. The zero-order valence-electron chi connectivity index (χ0n) is 18.2. The number of nitrogens with zero attached hydrogens (tertiary/aromatic N) is 2. The molecule has 1 heterocycles. The minimum atomic E-state index is -1.34. The molecule has 1 atom stereocenters. The second-order valence-electron chi connectivity index (χ2n) is 8.23. The van der Waals surface area contributed by atoms with Crippen molar-refractivity contribution in [2.24, 2.45) is 0 Å². The number of aliphatic carboxylic acids is 1. The number of rotatable bonds is 9. The Labute approximate surface area is 185 Å². The smallest absolute Gasteiger partial charge is 0.347 e. The van der Waals surface area contributed by atoms with E-state index in [0.717, 1.165) is 6.07 Å². The molecule has 7 nitrogen and oxygen atoms in total. The van der Waals surface area contributed by atoms with E-state index < -0.39 is 23.2 Å². The van der Waals surface area contributed by atoms with E-state index in [4.69, 9.17) is 14.6 Å². The summed E-state index contributed by atoms with van der Waals surface area (Å²) in [5.41, 5.74) is -0.944. The number of urea groups is 1. The van der Waals surface area contributed by atoms with Crippen LogP contribution in [0.2, 0.25) is 0 Å². The van der Waals surface area contributed by atoms with E-state index in [9.17, 15) is 18.4 Å². The van der Waals surface area contributed by atoms with Crippen molar-refractivity contribution in [3.63, 3.8) is 0 Å². The first-order valence-electron chi connectivity index (χ1n) is 10.2. The van der Waals surface area contributed by atoms with Gasteiger partial charge in [0.05, 0.1) is 12.6 Å². The van der Waals surface area contributed by atoms with Gasteiger partial charge in [-0.1, -0.05) is 0 Å². The number of likely N-dealkylation sites (N-methyl/N-ethyl adjacent to an activating group) is 1. The summed E-state index contributed by atoms with van der Waals surface area (Å²) in [6, 6.07) is 9.56. The topological polar surface area (TPSA) is 79.3 Å². The third kappa shape index (κ3) is 5.66. The van der Waals surface area contributed by atoms with E-state index in [0.29, 0.717) is 36.6 Å². The Morgan fingerprint density at radius 3 is 2.31 bits per heavy atom. The molecular weight excluding hydrogens is 422 g/mol. The van der Waals surface area contributed by atoms with E-state index in [-0.39, 0.29) is 18.6 Å². The molecule has 1 aliphatic rings. The summed E-state index contributed by atoms with van der Waals surface area (Å²) in [7, 11) is 1.69. The maximum Gasteiger partial charge on any atom is 0.347 e. The summed E-state index contributed by atoms with van der Waals surface area (Å²) in [6.07, 6.45) is 0.570. The standard InChI is InChI=1S/C23H26F2N2O5/c1-23(2,21(28)29)32-20-6-4-19(5-7-20)31-9-8-18-14-27(22(30)26(18)3)13-15-10-16(24)12-17(25)11-15/h4-7,10-12,18H,8-9,13-14H2,1-3H3,(H,28,29)/t18-/m1/s1. The fourth-order valence-electron chi connectivity index (χ4n) is 3.43. The van der Waals surface area contributed by atoms with E-state index in [1.165, 1.54) is 26.0 Å².